The molecule has 5 rings (SSSR count). The van der Waals surface area contributed by atoms with Crippen molar-refractivity contribution in [3.8, 4) is 5.75 Å². The van der Waals surface area contributed by atoms with Crippen LogP contribution >= 0.6 is 0 Å². The van der Waals surface area contributed by atoms with E-state index in [2.05, 4.69) is 29.2 Å². The summed E-state index contributed by atoms with van der Waals surface area (Å²) in [4.78, 5) is 28.8. The van der Waals surface area contributed by atoms with Crippen molar-refractivity contribution in [3.05, 3.63) is 63.7 Å². The lowest BCUT2D eigenvalue weighted by Gasteiger charge is -2.31. The maximum atomic E-state index is 12.5. The standard InChI is InChI=1S/C25H30N2O6/c28-23-11-22(14-26-12-19-3-1-2-4-20(19)13-26)31-17-24(23)32-15-18-5-8-27(9-6-18)25(29)33-21-7-10-30-16-21/h1-4,11,17-18,21H,5-10,12-16H2. The second-order valence-corrected chi connectivity index (χ2v) is 9.10. The molecule has 2 aromatic rings. The monoisotopic (exact) mass is 454 g/mol. The second-order valence-electron chi connectivity index (χ2n) is 9.10. The van der Waals surface area contributed by atoms with Gasteiger partial charge in [0, 0.05) is 38.7 Å². The third kappa shape index (κ3) is 5.39. The van der Waals surface area contributed by atoms with Crippen LogP contribution in [0.15, 0.2) is 45.8 Å². The summed E-state index contributed by atoms with van der Waals surface area (Å²) in [6, 6.07) is 9.91. The van der Waals surface area contributed by atoms with Gasteiger partial charge in [-0.15, -0.1) is 0 Å². The summed E-state index contributed by atoms with van der Waals surface area (Å²) >= 11 is 0. The zero-order valence-electron chi connectivity index (χ0n) is 18.7. The van der Waals surface area contributed by atoms with Crippen LogP contribution < -0.4 is 10.2 Å². The minimum absolute atomic E-state index is 0.124. The number of fused-ring (bicyclic) bond motifs is 1. The maximum absolute atomic E-state index is 12.5. The molecule has 0 spiro atoms. The van der Waals surface area contributed by atoms with Gasteiger partial charge < -0.3 is 23.5 Å². The molecule has 2 saturated heterocycles. The third-order valence-corrected chi connectivity index (χ3v) is 6.64. The van der Waals surface area contributed by atoms with Gasteiger partial charge in [-0.1, -0.05) is 24.3 Å². The summed E-state index contributed by atoms with van der Waals surface area (Å²) in [6.45, 7) is 5.15. The summed E-state index contributed by atoms with van der Waals surface area (Å²) in [5, 5.41) is 0. The molecular formula is C25H30N2O6. The summed E-state index contributed by atoms with van der Waals surface area (Å²) in [5.74, 6) is 1.16. The van der Waals surface area contributed by atoms with Gasteiger partial charge in [-0.3, -0.25) is 9.69 Å². The number of rotatable bonds is 6. The molecule has 176 valence electrons. The Balaban J connectivity index is 1.06. The van der Waals surface area contributed by atoms with E-state index in [-0.39, 0.29) is 29.3 Å². The lowest BCUT2D eigenvalue weighted by atomic mass is 9.98. The van der Waals surface area contributed by atoms with E-state index in [1.54, 1.807) is 4.90 Å². The van der Waals surface area contributed by atoms with Crippen molar-refractivity contribution >= 4 is 6.09 Å². The number of amides is 1. The average molecular weight is 455 g/mol. The van der Waals surface area contributed by atoms with Crippen molar-refractivity contribution in [2.75, 3.05) is 32.9 Å². The molecule has 1 aromatic heterocycles. The molecule has 0 bridgehead atoms. The maximum Gasteiger partial charge on any atom is 0.410 e. The average Bonchev–Trinajstić information content (AvgIpc) is 3.48. The Morgan fingerprint density at radius 3 is 2.52 bits per heavy atom. The molecule has 4 heterocycles. The number of carbonyl (C=O) groups is 1. The van der Waals surface area contributed by atoms with Crippen LogP contribution in [0.5, 0.6) is 5.75 Å². The third-order valence-electron chi connectivity index (χ3n) is 6.64. The molecule has 0 radical (unpaired) electrons. The molecule has 1 unspecified atom stereocenters. The first-order valence-corrected chi connectivity index (χ1v) is 11.7. The van der Waals surface area contributed by atoms with Gasteiger partial charge in [-0.2, -0.15) is 0 Å². The van der Waals surface area contributed by atoms with Crippen LogP contribution in [0.3, 0.4) is 0 Å². The van der Waals surface area contributed by atoms with Crippen LogP contribution in [0.2, 0.25) is 0 Å². The Bertz CT molecular complexity index is 999. The van der Waals surface area contributed by atoms with Gasteiger partial charge in [-0.25, -0.2) is 4.79 Å². The van der Waals surface area contributed by atoms with E-state index in [1.165, 1.54) is 23.5 Å². The molecule has 1 amide bonds. The van der Waals surface area contributed by atoms with Crippen LogP contribution in [0.25, 0.3) is 0 Å². The summed E-state index contributed by atoms with van der Waals surface area (Å²) in [5.41, 5.74) is 2.49. The van der Waals surface area contributed by atoms with Crippen molar-refractivity contribution in [3.63, 3.8) is 0 Å². The number of likely N-dealkylation sites (tertiary alicyclic amines) is 1. The fourth-order valence-electron chi connectivity index (χ4n) is 4.68. The summed E-state index contributed by atoms with van der Waals surface area (Å²) in [7, 11) is 0. The van der Waals surface area contributed by atoms with E-state index in [0.717, 1.165) is 32.4 Å². The van der Waals surface area contributed by atoms with Crippen LogP contribution in [0, 0.1) is 5.92 Å². The first-order valence-electron chi connectivity index (χ1n) is 11.7. The Morgan fingerprint density at radius 1 is 1.09 bits per heavy atom. The molecule has 1 atom stereocenters. The van der Waals surface area contributed by atoms with Gasteiger partial charge in [0.25, 0.3) is 0 Å². The van der Waals surface area contributed by atoms with E-state index in [9.17, 15) is 9.59 Å². The van der Waals surface area contributed by atoms with Crippen LogP contribution in [-0.4, -0.2) is 54.9 Å². The molecule has 0 N–H and O–H groups in total. The quantitative estimate of drug-likeness (QED) is 0.663. The van der Waals surface area contributed by atoms with Crippen LogP contribution in [-0.2, 0) is 29.1 Å². The minimum Gasteiger partial charge on any atom is -0.486 e. The lowest BCUT2D eigenvalue weighted by Crippen LogP contribution is -2.41. The lowest BCUT2D eigenvalue weighted by molar-refractivity contribution is 0.0433. The van der Waals surface area contributed by atoms with Gasteiger partial charge in [0.05, 0.1) is 26.4 Å². The molecule has 8 heteroatoms. The molecule has 8 nitrogen and oxygen atoms in total. The SMILES string of the molecule is O=C(OC1CCOC1)N1CCC(COc2coc(CN3Cc4ccccc4C3)cc2=O)CC1. The Kier molecular flexibility index (Phi) is 6.64. The summed E-state index contributed by atoms with van der Waals surface area (Å²) < 4.78 is 22.2. The predicted molar refractivity (Wildman–Crippen MR) is 120 cm³/mol. The number of hydrogen-bond donors (Lipinski definition) is 0. The smallest absolute Gasteiger partial charge is 0.410 e. The van der Waals surface area contributed by atoms with Crippen molar-refractivity contribution in [1.82, 2.24) is 9.80 Å². The highest BCUT2D eigenvalue weighted by Crippen LogP contribution is 2.24. The van der Waals surface area contributed by atoms with Crippen molar-refractivity contribution in [2.45, 2.75) is 45.0 Å². The number of hydrogen-bond acceptors (Lipinski definition) is 7. The second kappa shape index (κ2) is 9.97. The van der Waals surface area contributed by atoms with Crippen molar-refractivity contribution < 1.29 is 23.4 Å². The number of carbonyl (C=O) groups excluding carboxylic acids is 1. The molecule has 3 aliphatic heterocycles. The highest BCUT2D eigenvalue weighted by molar-refractivity contribution is 5.68. The van der Waals surface area contributed by atoms with Gasteiger partial charge in [0.15, 0.2) is 0 Å². The first kappa shape index (κ1) is 22.0. The van der Waals surface area contributed by atoms with E-state index in [0.29, 0.717) is 45.2 Å². The predicted octanol–water partition coefficient (Wildman–Crippen LogP) is 3.17. The summed E-state index contributed by atoms with van der Waals surface area (Å²) in [6.07, 6.45) is 3.44. The Labute approximate surface area is 193 Å². The first-order chi connectivity index (χ1) is 16.1. The van der Waals surface area contributed by atoms with E-state index in [4.69, 9.17) is 18.6 Å². The van der Waals surface area contributed by atoms with Crippen molar-refractivity contribution in [1.29, 1.82) is 0 Å². The largest absolute Gasteiger partial charge is 0.486 e. The van der Waals surface area contributed by atoms with Crippen LogP contribution in [0.1, 0.15) is 36.1 Å². The highest BCUT2D eigenvalue weighted by atomic mass is 16.6. The Hall–Kier alpha value is -2.84. The van der Waals surface area contributed by atoms with Gasteiger partial charge in [0.1, 0.15) is 18.1 Å². The number of ether oxygens (including phenoxy) is 3. The van der Waals surface area contributed by atoms with E-state index >= 15 is 0 Å². The highest BCUT2D eigenvalue weighted by Gasteiger charge is 2.28. The van der Waals surface area contributed by atoms with Gasteiger partial charge in [0.2, 0.25) is 11.2 Å². The molecule has 0 aliphatic carbocycles. The number of piperidine rings is 1. The fraction of sp³-hybridized carbons (Fsp3) is 0.520. The van der Waals surface area contributed by atoms with Gasteiger partial charge in [-0.05, 0) is 29.9 Å². The molecule has 3 aliphatic rings. The zero-order valence-corrected chi connectivity index (χ0v) is 18.7. The fourth-order valence-corrected chi connectivity index (χ4v) is 4.68. The molecule has 0 saturated carbocycles. The molecule has 1 aromatic carbocycles. The number of nitrogens with zero attached hydrogens (tertiary/aromatic N) is 2. The topological polar surface area (TPSA) is 81.4 Å². The van der Waals surface area contributed by atoms with E-state index < -0.39 is 0 Å². The zero-order chi connectivity index (χ0) is 22.6. The van der Waals surface area contributed by atoms with Gasteiger partial charge >= 0.3 is 6.09 Å². The van der Waals surface area contributed by atoms with Crippen molar-refractivity contribution in [2.24, 2.45) is 5.92 Å². The van der Waals surface area contributed by atoms with E-state index in [1.807, 2.05) is 0 Å². The molecule has 2 fully saturated rings. The van der Waals surface area contributed by atoms with Crippen LogP contribution in [0.4, 0.5) is 4.79 Å². The Morgan fingerprint density at radius 2 is 1.85 bits per heavy atom. The molecular weight excluding hydrogens is 424 g/mol. The number of benzene rings is 1. The normalized spacial score (nSPS) is 21.2. The minimum atomic E-state index is -0.262. The molecule has 33 heavy (non-hydrogen) atoms.